The van der Waals surface area contributed by atoms with Crippen molar-refractivity contribution in [3.8, 4) is 5.75 Å². The number of epoxide rings is 1. The van der Waals surface area contributed by atoms with Crippen molar-refractivity contribution in [3.05, 3.63) is 60.7 Å². The minimum absolute atomic E-state index is 0.0404. The van der Waals surface area contributed by atoms with Crippen LogP contribution in [0.15, 0.2) is 65.6 Å². The molecule has 8 heteroatoms. The average molecular weight is 415 g/mol. The van der Waals surface area contributed by atoms with Crippen LogP contribution < -0.4 is 4.74 Å². The van der Waals surface area contributed by atoms with Gasteiger partial charge in [0.15, 0.2) is 6.10 Å². The molecule has 0 amide bonds. The number of alkyl halides is 2. The van der Waals surface area contributed by atoms with Crippen LogP contribution in [0.25, 0.3) is 0 Å². The minimum atomic E-state index is -4.19. The highest BCUT2D eigenvalue weighted by Gasteiger charge is 2.59. The quantitative estimate of drug-likeness (QED) is 0.191. The Kier molecular flexibility index (Phi) is 6.37. The Morgan fingerprint density at radius 3 is 2.30 bits per heavy atom. The van der Waals surface area contributed by atoms with Gasteiger partial charge in [0.1, 0.15) is 5.75 Å². The number of para-hydroxylation sites is 1. The number of halogens is 2. The van der Waals surface area contributed by atoms with E-state index in [1.807, 2.05) is 0 Å². The third kappa shape index (κ3) is 5.19. The van der Waals surface area contributed by atoms with Gasteiger partial charge in [0.25, 0.3) is 0 Å². The molecular formula is C19H20ClFO5S. The number of hydrogen-bond donors (Lipinski definition) is 0. The first-order valence-corrected chi connectivity index (χ1v) is 10.4. The molecule has 0 bridgehead atoms. The van der Waals surface area contributed by atoms with Crippen LogP contribution in [0.4, 0.5) is 4.39 Å². The smallest absolute Gasteiger partial charge is 0.335 e. The topological polar surface area (TPSA) is 65.1 Å². The monoisotopic (exact) mass is 414 g/mol. The van der Waals surface area contributed by atoms with E-state index in [4.69, 9.17) is 25.3 Å². The zero-order valence-electron chi connectivity index (χ0n) is 14.5. The van der Waals surface area contributed by atoms with Crippen molar-refractivity contribution in [2.45, 2.75) is 41.6 Å². The highest BCUT2D eigenvalue weighted by molar-refractivity contribution is 7.86. The second kappa shape index (κ2) is 8.56. The van der Waals surface area contributed by atoms with Gasteiger partial charge in [-0.05, 0) is 55.1 Å². The zero-order chi connectivity index (χ0) is 19.3. The molecule has 5 nitrogen and oxygen atoms in total. The molecule has 3 rings (SSSR count). The van der Waals surface area contributed by atoms with Crippen molar-refractivity contribution < 1.29 is 26.5 Å². The molecule has 1 aliphatic rings. The second-order valence-corrected chi connectivity index (χ2v) is 8.20. The standard InChI is InChI=1S/C19H20ClFO5S/c20-19(25-15-9-3-1-4-10-15,18-17(24-18)13-7-8-14-21)26-27(22,23)16-11-5-2-6-12-16/h1-6,9-12,17-18H,7-8,13-14H2/t17?,18?,19-/m1/s1. The van der Waals surface area contributed by atoms with E-state index in [2.05, 4.69) is 0 Å². The molecule has 0 aliphatic carbocycles. The summed E-state index contributed by atoms with van der Waals surface area (Å²) in [4.78, 5) is -0.0404. The third-order valence-electron chi connectivity index (χ3n) is 4.05. The van der Waals surface area contributed by atoms with Gasteiger partial charge < -0.3 is 9.47 Å². The van der Waals surface area contributed by atoms with E-state index in [1.165, 1.54) is 12.1 Å². The lowest BCUT2D eigenvalue weighted by Gasteiger charge is -2.26. The number of unbranched alkanes of at least 4 members (excludes halogenated alkanes) is 1. The number of rotatable bonds is 10. The summed E-state index contributed by atoms with van der Waals surface area (Å²) in [5.74, 6) is 0.341. The summed E-state index contributed by atoms with van der Waals surface area (Å²) in [5.41, 5.74) is 0. The van der Waals surface area contributed by atoms with Crippen LogP contribution >= 0.6 is 11.6 Å². The van der Waals surface area contributed by atoms with Crippen LogP contribution in [-0.2, 0) is 19.0 Å². The first kappa shape index (κ1) is 20.1. The van der Waals surface area contributed by atoms with E-state index in [9.17, 15) is 12.8 Å². The van der Waals surface area contributed by atoms with Gasteiger partial charge in [-0.25, -0.2) is 4.18 Å². The lowest BCUT2D eigenvalue weighted by atomic mass is 10.1. The molecule has 2 aromatic carbocycles. The molecule has 1 fully saturated rings. The van der Waals surface area contributed by atoms with E-state index in [0.717, 1.165) is 0 Å². The Morgan fingerprint density at radius 2 is 1.67 bits per heavy atom. The van der Waals surface area contributed by atoms with E-state index < -0.39 is 28.1 Å². The molecule has 2 unspecified atom stereocenters. The molecular weight excluding hydrogens is 395 g/mol. The molecule has 27 heavy (non-hydrogen) atoms. The Morgan fingerprint density at radius 1 is 1.04 bits per heavy atom. The van der Waals surface area contributed by atoms with Crippen molar-refractivity contribution in [3.63, 3.8) is 0 Å². The third-order valence-corrected chi connectivity index (χ3v) is 5.83. The number of benzene rings is 2. The van der Waals surface area contributed by atoms with Crippen LogP contribution in [0.1, 0.15) is 19.3 Å². The lowest BCUT2D eigenvalue weighted by Crippen LogP contribution is -2.42. The highest BCUT2D eigenvalue weighted by Crippen LogP contribution is 2.43. The van der Waals surface area contributed by atoms with Crippen molar-refractivity contribution in [1.82, 2.24) is 0 Å². The van der Waals surface area contributed by atoms with Crippen LogP contribution in [-0.4, -0.2) is 32.5 Å². The van der Waals surface area contributed by atoms with E-state index >= 15 is 0 Å². The molecule has 0 spiro atoms. The maximum Gasteiger partial charge on any atom is 0.335 e. The summed E-state index contributed by atoms with van der Waals surface area (Å²) in [5, 5.41) is -2.06. The summed E-state index contributed by atoms with van der Waals surface area (Å²) < 4.78 is 54.1. The fourth-order valence-electron chi connectivity index (χ4n) is 2.66. The normalized spacial score (nSPS) is 21.4. The van der Waals surface area contributed by atoms with Crippen molar-refractivity contribution in [2.24, 2.45) is 0 Å². The highest BCUT2D eigenvalue weighted by atomic mass is 35.5. The molecule has 1 heterocycles. The van der Waals surface area contributed by atoms with Gasteiger partial charge in [-0.15, -0.1) is 0 Å². The van der Waals surface area contributed by atoms with E-state index in [1.54, 1.807) is 48.5 Å². The van der Waals surface area contributed by atoms with Gasteiger partial charge in [-0.2, -0.15) is 8.42 Å². The predicted octanol–water partition coefficient (Wildman–Crippen LogP) is 4.27. The van der Waals surface area contributed by atoms with Crippen LogP contribution in [0.2, 0.25) is 0 Å². The zero-order valence-corrected chi connectivity index (χ0v) is 16.0. The molecule has 3 atom stereocenters. The fourth-order valence-corrected chi connectivity index (χ4v) is 4.21. The lowest BCUT2D eigenvalue weighted by molar-refractivity contribution is -0.0527. The van der Waals surface area contributed by atoms with Gasteiger partial charge in [0.05, 0.1) is 17.7 Å². The van der Waals surface area contributed by atoms with E-state index in [-0.39, 0.29) is 11.0 Å². The molecule has 1 aliphatic heterocycles. The van der Waals surface area contributed by atoms with Crippen LogP contribution in [0, 0.1) is 0 Å². The van der Waals surface area contributed by atoms with E-state index in [0.29, 0.717) is 25.0 Å². The molecule has 0 N–H and O–H groups in total. The average Bonchev–Trinajstić information content (AvgIpc) is 3.44. The molecule has 1 saturated heterocycles. The summed E-state index contributed by atoms with van der Waals surface area (Å²) >= 11 is 6.49. The maximum atomic E-state index is 12.6. The molecule has 2 aromatic rings. The maximum absolute atomic E-state index is 12.6. The van der Waals surface area contributed by atoms with Crippen molar-refractivity contribution in [1.29, 1.82) is 0 Å². The van der Waals surface area contributed by atoms with Gasteiger partial charge in [-0.3, -0.25) is 4.39 Å². The minimum Gasteiger partial charge on any atom is -0.446 e. The summed E-state index contributed by atoms with van der Waals surface area (Å²) in [6.07, 6.45) is 0.392. The first-order valence-electron chi connectivity index (χ1n) is 8.60. The molecule has 146 valence electrons. The van der Waals surface area contributed by atoms with Gasteiger partial charge >= 0.3 is 15.4 Å². The summed E-state index contributed by atoms with van der Waals surface area (Å²) in [6.45, 7) is -0.414. The first-order chi connectivity index (χ1) is 12.9. The number of ether oxygens (including phenoxy) is 2. The SMILES string of the molecule is O=S(=O)(O[C@](Cl)(Oc1ccccc1)C1OC1CCCCF)c1ccccc1. The Balaban J connectivity index is 1.80. The number of hydrogen-bond acceptors (Lipinski definition) is 5. The Bertz CT molecular complexity index is 834. The Hall–Kier alpha value is -1.67. The van der Waals surface area contributed by atoms with Crippen molar-refractivity contribution in [2.75, 3.05) is 6.67 Å². The molecule has 0 aromatic heterocycles. The van der Waals surface area contributed by atoms with Gasteiger partial charge in [0, 0.05) is 0 Å². The predicted molar refractivity (Wildman–Crippen MR) is 98.9 cm³/mol. The fraction of sp³-hybridized carbons (Fsp3) is 0.368. The van der Waals surface area contributed by atoms with Gasteiger partial charge in [-0.1, -0.05) is 36.4 Å². The van der Waals surface area contributed by atoms with Crippen molar-refractivity contribution >= 4 is 21.7 Å². The summed E-state index contributed by atoms with van der Waals surface area (Å²) in [6, 6.07) is 16.2. The van der Waals surface area contributed by atoms with Crippen LogP contribution in [0.5, 0.6) is 5.75 Å². The second-order valence-electron chi connectivity index (χ2n) is 6.13. The Labute approximate surface area is 163 Å². The summed E-state index contributed by atoms with van der Waals surface area (Å²) in [7, 11) is -4.19. The molecule has 0 radical (unpaired) electrons. The van der Waals surface area contributed by atoms with Crippen LogP contribution in [0.3, 0.4) is 0 Å². The molecule has 0 saturated carbocycles. The van der Waals surface area contributed by atoms with Gasteiger partial charge in [0.2, 0.25) is 0 Å². The largest absolute Gasteiger partial charge is 0.446 e.